The largest absolute Gasteiger partial charge is 0.394 e. The van der Waals surface area contributed by atoms with Gasteiger partial charge < -0.3 is 5.43 Å². The Balaban J connectivity index is 0.000000336. The molecule has 0 unspecified atom stereocenters. The highest BCUT2D eigenvalue weighted by Gasteiger charge is 1.87. The summed E-state index contributed by atoms with van der Waals surface area (Å²) in [6, 6.07) is 8.07. The van der Waals surface area contributed by atoms with Gasteiger partial charge in [-0.25, -0.2) is 0 Å². The molecule has 0 amide bonds. The Kier molecular flexibility index (Phi) is 5.87. The first-order chi connectivity index (χ1) is 6.86. The molecule has 1 rings (SSSR count). The molecule has 7 heteroatoms. The van der Waals surface area contributed by atoms with E-state index in [4.69, 9.17) is 23.4 Å². The van der Waals surface area contributed by atoms with Gasteiger partial charge in [-0.3, -0.25) is 14.9 Å². The number of benzene rings is 1. The summed E-state index contributed by atoms with van der Waals surface area (Å²) in [5.74, 6) is 5.19. The summed E-state index contributed by atoms with van der Waals surface area (Å²) < 4.78 is 31.6. The number of rotatable bonds is 2. The highest BCUT2D eigenvalue weighted by atomic mass is 32.3. The Morgan fingerprint density at radius 1 is 1.27 bits per heavy atom. The van der Waals surface area contributed by atoms with Gasteiger partial charge in [0.05, 0.1) is 0 Å². The van der Waals surface area contributed by atoms with Gasteiger partial charge in [0.1, 0.15) is 0 Å². The second-order valence-electron chi connectivity index (χ2n) is 2.64. The van der Waals surface area contributed by atoms with Crippen molar-refractivity contribution >= 4 is 16.1 Å². The summed E-state index contributed by atoms with van der Waals surface area (Å²) in [4.78, 5) is 0. The van der Waals surface area contributed by atoms with E-state index in [1.807, 2.05) is 12.1 Å². The Labute approximate surface area is 88.7 Å². The van der Waals surface area contributed by atoms with Gasteiger partial charge in [-0.15, -0.1) is 0 Å². The average Bonchev–Trinajstić information content (AvgIpc) is 2.15. The first-order valence-corrected chi connectivity index (χ1v) is 5.52. The second-order valence-corrected chi connectivity index (χ2v) is 3.54. The molecular weight excluding hydrogens is 220 g/mol. The number of hydrazine groups is 1. The van der Waals surface area contributed by atoms with Crippen LogP contribution in [0.5, 0.6) is 0 Å². The van der Waals surface area contributed by atoms with Crippen molar-refractivity contribution in [2.24, 2.45) is 5.84 Å². The zero-order valence-electron chi connectivity index (χ0n) is 8.21. The second kappa shape index (κ2) is 6.36. The lowest BCUT2D eigenvalue weighted by molar-refractivity contribution is 0.381. The summed E-state index contributed by atoms with van der Waals surface area (Å²) in [6.07, 6.45) is 1.07. The zero-order valence-corrected chi connectivity index (χ0v) is 9.03. The van der Waals surface area contributed by atoms with Crippen LogP contribution >= 0.6 is 0 Å². The van der Waals surface area contributed by atoms with E-state index in [-0.39, 0.29) is 0 Å². The van der Waals surface area contributed by atoms with E-state index in [0.29, 0.717) is 0 Å². The molecule has 15 heavy (non-hydrogen) atoms. The Hall–Kier alpha value is -1.15. The van der Waals surface area contributed by atoms with Gasteiger partial charge in [0.15, 0.2) is 0 Å². The number of nitrogens with two attached hydrogens (primary N) is 1. The molecule has 0 aliphatic carbocycles. The maximum absolute atomic E-state index is 8.74. The molecule has 0 atom stereocenters. The number of nitrogens with one attached hydrogen (secondary N) is 1. The van der Waals surface area contributed by atoms with E-state index in [0.717, 1.165) is 12.1 Å². The van der Waals surface area contributed by atoms with E-state index < -0.39 is 10.4 Å². The lowest BCUT2D eigenvalue weighted by atomic mass is 10.2. The molecule has 0 aliphatic heterocycles. The quantitative estimate of drug-likeness (QED) is 0.343. The third-order valence-electron chi connectivity index (χ3n) is 1.53. The van der Waals surface area contributed by atoms with E-state index in [1.54, 1.807) is 0 Å². The molecule has 0 saturated carbocycles. The summed E-state index contributed by atoms with van der Waals surface area (Å²) >= 11 is 0. The minimum absolute atomic E-state index is 0.956. The molecule has 5 N–H and O–H groups in total. The van der Waals surface area contributed by atoms with Crippen LogP contribution in [0.2, 0.25) is 0 Å². The van der Waals surface area contributed by atoms with Gasteiger partial charge in [0, 0.05) is 5.69 Å². The molecule has 0 heterocycles. The molecule has 1 aromatic rings. The van der Waals surface area contributed by atoms with Crippen LogP contribution in [0.3, 0.4) is 0 Å². The molecular formula is C8H14N2O4S. The topological polar surface area (TPSA) is 113 Å². The van der Waals surface area contributed by atoms with Crippen molar-refractivity contribution in [3.63, 3.8) is 0 Å². The Bertz CT molecular complexity index is 343. The predicted octanol–water partition coefficient (Wildman–Crippen LogP) is 0.882. The fourth-order valence-electron chi connectivity index (χ4n) is 0.837. The Morgan fingerprint density at radius 2 is 1.67 bits per heavy atom. The third kappa shape index (κ3) is 9.16. The van der Waals surface area contributed by atoms with Crippen molar-refractivity contribution in [2.75, 3.05) is 5.43 Å². The minimum atomic E-state index is -4.67. The van der Waals surface area contributed by atoms with Crippen LogP contribution < -0.4 is 11.3 Å². The van der Waals surface area contributed by atoms with Crippen LogP contribution in [0.15, 0.2) is 24.3 Å². The first-order valence-electron chi connectivity index (χ1n) is 4.12. The molecule has 0 radical (unpaired) electrons. The molecule has 0 saturated heterocycles. The van der Waals surface area contributed by atoms with E-state index >= 15 is 0 Å². The van der Waals surface area contributed by atoms with E-state index in [9.17, 15) is 0 Å². The van der Waals surface area contributed by atoms with Crippen molar-refractivity contribution in [2.45, 2.75) is 13.3 Å². The van der Waals surface area contributed by atoms with Gasteiger partial charge in [-0.2, -0.15) is 8.42 Å². The molecule has 0 bridgehead atoms. The van der Waals surface area contributed by atoms with E-state index in [1.165, 1.54) is 5.56 Å². The number of hydrogen-bond donors (Lipinski definition) is 4. The third-order valence-corrected chi connectivity index (χ3v) is 1.53. The lowest BCUT2D eigenvalue weighted by Gasteiger charge is -1.99. The number of nitrogen functional groups attached to an aromatic ring is 1. The normalized spacial score (nSPS) is 10.1. The highest BCUT2D eigenvalue weighted by molar-refractivity contribution is 7.79. The van der Waals surface area contributed by atoms with Gasteiger partial charge in [0.25, 0.3) is 0 Å². The molecule has 0 spiro atoms. The predicted molar refractivity (Wildman–Crippen MR) is 57.8 cm³/mol. The van der Waals surface area contributed by atoms with E-state index in [2.05, 4.69) is 24.5 Å². The molecule has 0 fully saturated rings. The minimum Gasteiger partial charge on any atom is -0.324 e. The first kappa shape index (κ1) is 13.8. The lowest BCUT2D eigenvalue weighted by Crippen LogP contribution is -2.06. The van der Waals surface area contributed by atoms with Crippen molar-refractivity contribution < 1.29 is 17.5 Å². The van der Waals surface area contributed by atoms with Crippen LogP contribution in [-0.2, 0) is 16.8 Å². The van der Waals surface area contributed by atoms with Crippen molar-refractivity contribution in [1.82, 2.24) is 0 Å². The smallest absolute Gasteiger partial charge is 0.324 e. The van der Waals surface area contributed by atoms with Crippen LogP contribution in [0.4, 0.5) is 5.69 Å². The number of hydrogen-bond acceptors (Lipinski definition) is 4. The fourth-order valence-corrected chi connectivity index (χ4v) is 0.837. The van der Waals surface area contributed by atoms with Crippen molar-refractivity contribution in [3.05, 3.63) is 29.8 Å². The molecule has 86 valence electrons. The molecule has 0 aromatic heterocycles. The van der Waals surface area contributed by atoms with Gasteiger partial charge in [-0.1, -0.05) is 19.1 Å². The van der Waals surface area contributed by atoms with Crippen molar-refractivity contribution in [3.8, 4) is 0 Å². The maximum atomic E-state index is 8.74. The number of aryl methyl sites for hydroxylation is 1. The number of anilines is 1. The highest BCUT2D eigenvalue weighted by Crippen LogP contribution is 2.07. The standard InChI is InChI=1S/C8H12N2.H2O4S/c1-2-7-3-5-8(10-9)6-4-7;1-5(2,3)4/h3-6,10H,2,9H2,1H3;(H2,1,2,3,4). The molecule has 0 aliphatic rings. The van der Waals surface area contributed by atoms with Gasteiger partial charge in [-0.05, 0) is 24.1 Å². The summed E-state index contributed by atoms with van der Waals surface area (Å²) in [7, 11) is -4.67. The SMILES string of the molecule is CCc1ccc(NN)cc1.O=S(=O)(O)O. The van der Waals surface area contributed by atoms with Crippen LogP contribution in [0.25, 0.3) is 0 Å². The van der Waals surface area contributed by atoms with Crippen LogP contribution in [0.1, 0.15) is 12.5 Å². The fraction of sp³-hybridized carbons (Fsp3) is 0.250. The average molecular weight is 234 g/mol. The van der Waals surface area contributed by atoms with Gasteiger partial charge >= 0.3 is 10.4 Å². The van der Waals surface area contributed by atoms with Crippen LogP contribution in [0, 0.1) is 0 Å². The van der Waals surface area contributed by atoms with Crippen molar-refractivity contribution in [1.29, 1.82) is 0 Å². The maximum Gasteiger partial charge on any atom is 0.394 e. The monoisotopic (exact) mass is 234 g/mol. The molecule has 1 aromatic carbocycles. The summed E-state index contributed by atoms with van der Waals surface area (Å²) in [6.45, 7) is 2.13. The summed E-state index contributed by atoms with van der Waals surface area (Å²) in [5, 5.41) is 0. The van der Waals surface area contributed by atoms with Crippen LogP contribution in [-0.4, -0.2) is 17.5 Å². The zero-order chi connectivity index (χ0) is 11.9. The Morgan fingerprint density at radius 3 is 1.93 bits per heavy atom. The molecule has 6 nitrogen and oxygen atoms in total. The van der Waals surface area contributed by atoms with Gasteiger partial charge in [0.2, 0.25) is 0 Å². The summed E-state index contributed by atoms with van der Waals surface area (Å²) in [5.41, 5.74) is 4.87.